The van der Waals surface area contributed by atoms with Crippen LogP contribution >= 0.6 is 0 Å². The van der Waals surface area contributed by atoms with E-state index in [2.05, 4.69) is 4.98 Å². The minimum atomic E-state index is -5.11. The highest BCUT2D eigenvalue weighted by Gasteiger charge is 2.39. The molecule has 1 aromatic heterocycles. The van der Waals surface area contributed by atoms with Crippen LogP contribution in [0.15, 0.2) is 0 Å². The van der Waals surface area contributed by atoms with Gasteiger partial charge in [0.15, 0.2) is 5.69 Å². The molecule has 2 radical (unpaired) electrons. The third-order valence-electron chi connectivity index (χ3n) is 2.62. The van der Waals surface area contributed by atoms with Gasteiger partial charge >= 0.3 is 6.18 Å². The number of halogens is 5. The monoisotopic (exact) mass is 307 g/mol. The van der Waals surface area contributed by atoms with Crippen LogP contribution in [0.1, 0.15) is 48.4 Å². The van der Waals surface area contributed by atoms with Crippen molar-refractivity contribution in [3.05, 3.63) is 28.1 Å². The average Bonchev–Trinajstić information content (AvgIpc) is 2.35. The number of rotatable bonds is 5. The van der Waals surface area contributed by atoms with Crippen molar-refractivity contribution in [1.29, 1.82) is 0 Å². The van der Waals surface area contributed by atoms with Gasteiger partial charge in [-0.1, -0.05) is 13.8 Å². The van der Waals surface area contributed by atoms with Gasteiger partial charge in [0.05, 0.1) is 11.1 Å². The molecule has 0 aliphatic carbocycles. The number of nitrogens with zero attached hydrogens (tertiary/aromatic N) is 1. The molecule has 0 saturated heterocycles. The first-order valence-corrected chi connectivity index (χ1v) is 5.81. The van der Waals surface area contributed by atoms with E-state index in [1.165, 1.54) is 6.29 Å². The van der Waals surface area contributed by atoms with Gasteiger partial charge in [0.1, 0.15) is 5.69 Å². The molecule has 21 heavy (non-hydrogen) atoms. The number of carbonyl (C=O) groups excluding carboxylic acids is 2. The van der Waals surface area contributed by atoms with Gasteiger partial charge in [-0.15, -0.1) is 0 Å². The second-order valence-corrected chi connectivity index (χ2v) is 4.67. The van der Waals surface area contributed by atoms with Crippen LogP contribution in [0.25, 0.3) is 0 Å². The molecule has 0 bridgehead atoms. The number of aromatic nitrogens is 1. The largest absolute Gasteiger partial charge is 0.434 e. The summed E-state index contributed by atoms with van der Waals surface area (Å²) in [5.74, 6) is -0.279. The zero-order valence-corrected chi connectivity index (χ0v) is 11.0. The SMILES string of the molecule is CC(C)Cc1c([C]=O)c(C(F)F)nc(C(F)(F)F)c1[C]=O. The Hall–Kier alpha value is -1.86. The molecule has 0 amide bonds. The van der Waals surface area contributed by atoms with Crippen molar-refractivity contribution in [1.82, 2.24) is 4.98 Å². The third kappa shape index (κ3) is 3.62. The van der Waals surface area contributed by atoms with Gasteiger partial charge in [-0.3, -0.25) is 9.59 Å². The lowest BCUT2D eigenvalue weighted by Crippen LogP contribution is -2.19. The number of pyridine rings is 1. The van der Waals surface area contributed by atoms with E-state index in [-0.39, 0.29) is 12.3 Å². The summed E-state index contributed by atoms with van der Waals surface area (Å²) in [5, 5.41) is 0. The minimum Gasteiger partial charge on any atom is -0.285 e. The molecule has 0 fully saturated rings. The highest BCUT2D eigenvalue weighted by Crippen LogP contribution is 2.35. The maximum absolute atomic E-state index is 12.8. The molecule has 0 atom stereocenters. The topological polar surface area (TPSA) is 47.0 Å². The summed E-state index contributed by atoms with van der Waals surface area (Å²) in [6.07, 6.45) is -6.46. The van der Waals surface area contributed by atoms with Gasteiger partial charge < -0.3 is 0 Å². The first-order valence-electron chi connectivity index (χ1n) is 5.81. The molecule has 0 spiro atoms. The Balaban J connectivity index is 3.81. The molecular weight excluding hydrogens is 297 g/mol. The van der Waals surface area contributed by atoms with Crippen LogP contribution in [0.2, 0.25) is 0 Å². The molecule has 1 heterocycles. The number of alkyl halides is 5. The summed E-state index contributed by atoms with van der Waals surface area (Å²) in [5.41, 5.74) is -5.36. The normalized spacial score (nSPS) is 12.0. The lowest BCUT2D eigenvalue weighted by atomic mass is 9.92. The fraction of sp³-hybridized carbons (Fsp3) is 0.462. The highest BCUT2D eigenvalue weighted by molar-refractivity contribution is 5.88. The molecule has 0 aliphatic rings. The van der Waals surface area contributed by atoms with E-state index in [4.69, 9.17) is 0 Å². The second kappa shape index (κ2) is 6.28. The molecule has 1 rings (SSSR count). The summed E-state index contributed by atoms with van der Waals surface area (Å²) in [7, 11) is 0. The van der Waals surface area contributed by atoms with Gasteiger partial charge in [0.2, 0.25) is 12.6 Å². The maximum Gasteiger partial charge on any atom is 0.434 e. The Morgan fingerprint density at radius 1 is 1.10 bits per heavy atom. The Bertz CT molecular complexity index is 552. The van der Waals surface area contributed by atoms with Gasteiger partial charge in [-0.2, -0.15) is 13.2 Å². The quantitative estimate of drug-likeness (QED) is 0.785. The van der Waals surface area contributed by atoms with Crippen LogP contribution in [-0.2, 0) is 22.2 Å². The molecule has 0 saturated carbocycles. The van der Waals surface area contributed by atoms with Gasteiger partial charge in [-0.05, 0) is 17.9 Å². The molecule has 0 unspecified atom stereocenters. The molecule has 0 N–H and O–H groups in total. The summed E-state index contributed by atoms with van der Waals surface area (Å²) in [6.45, 7) is 3.19. The predicted octanol–water partition coefficient (Wildman–Crippen LogP) is 3.15. The Kier molecular flexibility index (Phi) is 5.14. The van der Waals surface area contributed by atoms with E-state index in [0.717, 1.165) is 6.29 Å². The standard InChI is InChI=1S/C13H10F5NO2/c1-6(2)3-7-8(4-20)10(12(14)15)19-11(9(7)5-21)13(16,17)18/h6,12H,3H2,1-2H3. The van der Waals surface area contributed by atoms with E-state index < -0.39 is 40.7 Å². The third-order valence-corrected chi connectivity index (χ3v) is 2.62. The molecular formula is C13H10F5NO2. The first-order chi connectivity index (χ1) is 9.63. The summed E-state index contributed by atoms with van der Waals surface area (Å²) < 4.78 is 64.2. The molecule has 0 aliphatic heterocycles. The summed E-state index contributed by atoms with van der Waals surface area (Å²) >= 11 is 0. The zero-order valence-electron chi connectivity index (χ0n) is 11.0. The predicted molar refractivity (Wildman–Crippen MR) is 62.3 cm³/mol. The van der Waals surface area contributed by atoms with E-state index >= 15 is 0 Å². The highest BCUT2D eigenvalue weighted by atomic mass is 19.4. The van der Waals surface area contributed by atoms with Crippen LogP contribution in [0, 0.1) is 5.92 Å². The van der Waals surface area contributed by atoms with E-state index in [0.29, 0.717) is 0 Å². The van der Waals surface area contributed by atoms with Gasteiger partial charge in [-0.25, -0.2) is 13.8 Å². The van der Waals surface area contributed by atoms with Crippen LogP contribution < -0.4 is 0 Å². The van der Waals surface area contributed by atoms with Crippen molar-refractivity contribution in [3.8, 4) is 0 Å². The van der Waals surface area contributed by atoms with Gasteiger partial charge in [0.25, 0.3) is 6.43 Å². The summed E-state index contributed by atoms with van der Waals surface area (Å²) in [4.78, 5) is 24.5. The van der Waals surface area contributed by atoms with Crippen molar-refractivity contribution in [2.24, 2.45) is 5.92 Å². The first kappa shape index (κ1) is 17.2. The second-order valence-electron chi connectivity index (χ2n) is 4.67. The van der Waals surface area contributed by atoms with Crippen LogP contribution in [0.3, 0.4) is 0 Å². The molecule has 8 heteroatoms. The van der Waals surface area contributed by atoms with Crippen molar-refractivity contribution >= 4 is 12.6 Å². The van der Waals surface area contributed by atoms with Crippen molar-refractivity contribution in [3.63, 3.8) is 0 Å². The van der Waals surface area contributed by atoms with Crippen molar-refractivity contribution < 1.29 is 31.5 Å². The Labute approximate surface area is 117 Å². The molecule has 3 nitrogen and oxygen atoms in total. The van der Waals surface area contributed by atoms with Crippen molar-refractivity contribution in [2.75, 3.05) is 0 Å². The minimum absolute atomic E-state index is 0.180. The Morgan fingerprint density at radius 3 is 1.95 bits per heavy atom. The fourth-order valence-corrected chi connectivity index (χ4v) is 1.85. The van der Waals surface area contributed by atoms with Crippen LogP contribution in [-0.4, -0.2) is 17.6 Å². The Morgan fingerprint density at radius 2 is 1.62 bits per heavy atom. The summed E-state index contributed by atoms with van der Waals surface area (Å²) in [6, 6.07) is 0. The van der Waals surface area contributed by atoms with Crippen LogP contribution in [0.5, 0.6) is 0 Å². The smallest absolute Gasteiger partial charge is 0.285 e. The zero-order chi connectivity index (χ0) is 16.4. The molecule has 0 aromatic carbocycles. The van der Waals surface area contributed by atoms with E-state index in [1.807, 2.05) is 0 Å². The lowest BCUT2D eigenvalue weighted by Gasteiger charge is -2.17. The number of hydrogen-bond acceptors (Lipinski definition) is 3. The van der Waals surface area contributed by atoms with E-state index in [9.17, 15) is 31.5 Å². The van der Waals surface area contributed by atoms with Crippen molar-refractivity contribution in [2.45, 2.75) is 32.9 Å². The number of hydrogen-bond donors (Lipinski definition) is 0. The molecule has 114 valence electrons. The van der Waals surface area contributed by atoms with Crippen LogP contribution in [0.4, 0.5) is 22.0 Å². The fourth-order valence-electron chi connectivity index (χ4n) is 1.85. The van der Waals surface area contributed by atoms with Gasteiger partial charge in [0, 0.05) is 0 Å². The lowest BCUT2D eigenvalue weighted by molar-refractivity contribution is -0.141. The average molecular weight is 307 g/mol. The van der Waals surface area contributed by atoms with E-state index in [1.54, 1.807) is 13.8 Å². The molecule has 1 aromatic rings. The maximum atomic E-state index is 12.8.